The highest BCUT2D eigenvalue weighted by atomic mass is 35.5. The summed E-state index contributed by atoms with van der Waals surface area (Å²) in [5, 5.41) is 1.14. The lowest BCUT2D eigenvalue weighted by Gasteiger charge is -2.03. The predicted octanol–water partition coefficient (Wildman–Crippen LogP) is 1.92. The third kappa shape index (κ3) is 2.25. The fourth-order valence-electron chi connectivity index (χ4n) is 0.672. The summed E-state index contributed by atoms with van der Waals surface area (Å²) >= 11 is 7.19. The zero-order valence-corrected chi connectivity index (χ0v) is 8.37. The molecule has 0 saturated heterocycles. The first-order valence-electron chi connectivity index (χ1n) is 3.51. The predicted molar refractivity (Wildman–Crippen MR) is 50.9 cm³/mol. The van der Waals surface area contributed by atoms with E-state index in [-0.39, 0.29) is 10.6 Å². The van der Waals surface area contributed by atoms with Crippen LogP contribution < -0.4 is 5.56 Å². The molecular formula is C7H9ClN2OS. The monoisotopic (exact) mass is 204 g/mol. The molecule has 0 aromatic carbocycles. The van der Waals surface area contributed by atoms with Crippen molar-refractivity contribution in [3.05, 3.63) is 21.7 Å². The van der Waals surface area contributed by atoms with Gasteiger partial charge in [0.05, 0.1) is 6.33 Å². The molecule has 0 bridgehead atoms. The number of halogens is 1. The van der Waals surface area contributed by atoms with Gasteiger partial charge in [0.25, 0.3) is 5.56 Å². The summed E-state index contributed by atoms with van der Waals surface area (Å²) in [6.07, 6.45) is 1.36. The molecule has 1 aromatic heterocycles. The summed E-state index contributed by atoms with van der Waals surface area (Å²) in [6, 6.07) is 0. The topological polar surface area (TPSA) is 45.8 Å². The highest BCUT2D eigenvalue weighted by Crippen LogP contribution is 2.24. The highest BCUT2D eigenvalue weighted by Gasteiger charge is 2.07. The fraction of sp³-hybridized carbons (Fsp3) is 0.429. The SMILES string of the molecule is CC(C)Sc1nc[nH]c(=O)c1Cl. The average molecular weight is 205 g/mol. The number of aromatic amines is 1. The lowest BCUT2D eigenvalue weighted by Crippen LogP contribution is -2.08. The van der Waals surface area contributed by atoms with Crippen LogP contribution in [0.25, 0.3) is 0 Å². The Hall–Kier alpha value is -0.480. The van der Waals surface area contributed by atoms with Crippen molar-refractivity contribution in [3.8, 4) is 0 Å². The maximum absolute atomic E-state index is 11.0. The van der Waals surface area contributed by atoms with Crippen molar-refractivity contribution in [3.63, 3.8) is 0 Å². The van der Waals surface area contributed by atoms with Gasteiger partial charge in [-0.3, -0.25) is 4.79 Å². The molecule has 0 amide bonds. The molecule has 0 saturated carbocycles. The Morgan fingerprint density at radius 3 is 2.92 bits per heavy atom. The summed E-state index contributed by atoms with van der Waals surface area (Å²) in [5.41, 5.74) is -0.283. The van der Waals surface area contributed by atoms with Gasteiger partial charge in [-0.05, 0) is 0 Å². The van der Waals surface area contributed by atoms with Crippen LogP contribution in [-0.2, 0) is 0 Å². The maximum atomic E-state index is 11.0. The molecular weight excluding hydrogens is 196 g/mol. The minimum atomic E-state index is -0.283. The van der Waals surface area contributed by atoms with Crippen molar-refractivity contribution in [1.29, 1.82) is 0 Å². The summed E-state index contributed by atoms with van der Waals surface area (Å²) < 4.78 is 0. The Morgan fingerprint density at radius 1 is 1.67 bits per heavy atom. The standard InChI is InChI=1S/C7H9ClN2OS/c1-4(2)12-7-5(8)6(11)9-3-10-7/h3-4H,1-2H3,(H,9,10,11). The van der Waals surface area contributed by atoms with Gasteiger partial charge in [-0.1, -0.05) is 25.4 Å². The molecule has 0 spiro atoms. The molecule has 66 valence electrons. The van der Waals surface area contributed by atoms with Gasteiger partial charge < -0.3 is 4.98 Å². The molecule has 0 radical (unpaired) electrons. The number of rotatable bonds is 2. The van der Waals surface area contributed by atoms with Crippen molar-refractivity contribution in [2.24, 2.45) is 0 Å². The second kappa shape index (κ2) is 3.96. The van der Waals surface area contributed by atoms with E-state index in [9.17, 15) is 4.79 Å². The van der Waals surface area contributed by atoms with E-state index in [4.69, 9.17) is 11.6 Å². The van der Waals surface area contributed by atoms with E-state index in [1.165, 1.54) is 18.1 Å². The van der Waals surface area contributed by atoms with Crippen LogP contribution in [0.2, 0.25) is 5.02 Å². The number of H-pyrrole nitrogens is 1. The van der Waals surface area contributed by atoms with Gasteiger partial charge in [0, 0.05) is 5.25 Å². The van der Waals surface area contributed by atoms with Crippen LogP contribution in [0.1, 0.15) is 13.8 Å². The summed E-state index contributed by atoms with van der Waals surface area (Å²) in [5.74, 6) is 0. The summed E-state index contributed by atoms with van der Waals surface area (Å²) in [7, 11) is 0. The first-order valence-corrected chi connectivity index (χ1v) is 4.77. The Kier molecular flexibility index (Phi) is 3.17. The molecule has 1 aromatic rings. The molecule has 1 heterocycles. The first kappa shape index (κ1) is 9.61. The maximum Gasteiger partial charge on any atom is 0.270 e. The van der Waals surface area contributed by atoms with Gasteiger partial charge in [0.1, 0.15) is 10.0 Å². The average Bonchev–Trinajstić information content (AvgIpc) is 1.98. The number of hydrogen-bond donors (Lipinski definition) is 1. The number of aromatic nitrogens is 2. The van der Waals surface area contributed by atoms with Crippen molar-refractivity contribution >= 4 is 23.4 Å². The second-order valence-electron chi connectivity index (χ2n) is 2.52. The quantitative estimate of drug-likeness (QED) is 0.592. The molecule has 0 aliphatic heterocycles. The Labute approximate surface area is 79.6 Å². The smallest absolute Gasteiger partial charge is 0.270 e. The molecule has 0 fully saturated rings. The van der Waals surface area contributed by atoms with Crippen LogP contribution in [0.4, 0.5) is 0 Å². The highest BCUT2D eigenvalue weighted by molar-refractivity contribution is 7.99. The lowest BCUT2D eigenvalue weighted by atomic mass is 10.6. The fourth-order valence-corrected chi connectivity index (χ4v) is 1.67. The molecule has 0 aliphatic rings. The van der Waals surface area contributed by atoms with Crippen molar-refractivity contribution < 1.29 is 0 Å². The number of nitrogens with one attached hydrogen (secondary N) is 1. The van der Waals surface area contributed by atoms with Gasteiger partial charge >= 0.3 is 0 Å². The Morgan fingerprint density at radius 2 is 2.33 bits per heavy atom. The van der Waals surface area contributed by atoms with Crippen LogP contribution in [0.5, 0.6) is 0 Å². The van der Waals surface area contributed by atoms with E-state index in [2.05, 4.69) is 9.97 Å². The van der Waals surface area contributed by atoms with E-state index in [1.807, 2.05) is 13.8 Å². The van der Waals surface area contributed by atoms with Crippen LogP contribution in [0, 0.1) is 0 Å². The molecule has 0 unspecified atom stereocenters. The third-order valence-electron chi connectivity index (χ3n) is 1.11. The molecule has 1 rings (SSSR count). The molecule has 3 nitrogen and oxygen atoms in total. The van der Waals surface area contributed by atoms with E-state index < -0.39 is 0 Å². The number of hydrogen-bond acceptors (Lipinski definition) is 3. The van der Waals surface area contributed by atoms with Crippen LogP contribution in [0.15, 0.2) is 16.1 Å². The zero-order chi connectivity index (χ0) is 9.14. The van der Waals surface area contributed by atoms with E-state index >= 15 is 0 Å². The molecule has 0 aliphatic carbocycles. The van der Waals surface area contributed by atoms with Gasteiger partial charge in [-0.25, -0.2) is 4.98 Å². The van der Waals surface area contributed by atoms with Crippen LogP contribution in [0.3, 0.4) is 0 Å². The molecule has 0 atom stereocenters. The van der Waals surface area contributed by atoms with Gasteiger partial charge in [-0.15, -0.1) is 11.8 Å². The van der Waals surface area contributed by atoms with Crippen molar-refractivity contribution in [2.45, 2.75) is 24.1 Å². The Bertz CT molecular complexity index is 323. The van der Waals surface area contributed by atoms with E-state index in [0.29, 0.717) is 10.3 Å². The molecule has 1 N–H and O–H groups in total. The van der Waals surface area contributed by atoms with Crippen molar-refractivity contribution in [2.75, 3.05) is 0 Å². The lowest BCUT2D eigenvalue weighted by molar-refractivity contribution is 1.00. The van der Waals surface area contributed by atoms with Crippen LogP contribution in [-0.4, -0.2) is 15.2 Å². The van der Waals surface area contributed by atoms with Crippen LogP contribution >= 0.6 is 23.4 Å². The zero-order valence-electron chi connectivity index (χ0n) is 6.80. The largest absolute Gasteiger partial charge is 0.312 e. The third-order valence-corrected chi connectivity index (χ3v) is 2.58. The van der Waals surface area contributed by atoms with E-state index in [1.54, 1.807) is 0 Å². The van der Waals surface area contributed by atoms with Crippen molar-refractivity contribution in [1.82, 2.24) is 9.97 Å². The summed E-state index contributed by atoms with van der Waals surface area (Å²) in [4.78, 5) is 17.3. The molecule has 12 heavy (non-hydrogen) atoms. The number of nitrogens with zero attached hydrogens (tertiary/aromatic N) is 1. The van der Waals surface area contributed by atoms with Gasteiger partial charge in [0.15, 0.2) is 0 Å². The first-order chi connectivity index (χ1) is 5.61. The van der Waals surface area contributed by atoms with Gasteiger partial charge in [-0.2, -0.15) is 0 Å². The normalized spacial score (nSPS) is 10.7. The summed E-state index contributed by atoms with van der Waals surface area (Å²) in [6.45, 7) is 4.04. The van der Waals surface area contributed by atoms with Gasteiger partial charge in [0.2, 0.25) is 0 Å². The molecule has 5 heteroatoms. The minimum absolute atomic E-state index is 0.177. The Balaban J connectivity index is 3.00. The minimum Gasteiger partial charge on any atom is -0.312 e. The number of thioether (sulfide) groups is 1. The second-order valence-corrected chi connectivity index (χ2v) is 4.46. The van der Waals surface area contributed by atoms with E-state index in [0.717, 1.165) is 0 Å².